The highest BCUT2D eigenvalue weighted by atomic mass is 19.4. The number of guanidine groups is 1. The van der Waals surface area contributed by atoms with E-state index in [0.717, 1.165) is 24.9 Å². The quantitative estimate of drug-likeness (QED) is 0.451. The minimum absolute atomic E-state index is 0.159. The molecular formula is C19H26F3N3O3. The molecule has 1 aliphatic rings. The number of nitrogens with one attached hydrogen (secondary N) is 1. The Morgan fingerprint density at radius 3 is 2.86 bits per heavy atom. The number of benzene rings is 1. The number of piperidine rings is 1. The first-order valence-electron chi connectivity index (χ1n) is 9.23. The van der Waals surface area contributed by atoms with Crippen LogP contribution in [0.15, 0.2) is 29.3 Å². The highest BCUT2D eigenvalue weighted by Gasteiger charge is 2.29. The summed E-state index contributed by atoms with van der Waals surface area (Å²) in [5.41, 5.74) is 0.764. The topological polar surface area (TPSA) is 63.2 Å². The lowest BCUT2D eigenvalue weighted by atomic mass is 9.98. The van der Waals surface area contributed by atoms with Crippen molar-refractivity contribution in [2.24, 2.45) is 10.9 Å². The molecule has 0 aromatic heterocycles. The van der Waals surface area contributed by atoms with Crippen molar-refractivity contribution in [2.75, 3.05) is 33.4 Å². The number of rotatable bonds is 6. The Kier molecular flexibility index (Phi) is 7.95. The lowest BCUT2D eigenvalue weighted by Gasteiger charge is -2.34. The largest absolute Gasteiger partial charge is 0.484 e. The van der Waals surface area contributed by atoms with Crippen molar-refractivity contribution in [3.05, 3.63) is 29.8 Å². The molecule has 0 saturated carbocycles. The van der Waals surface area contributed by atoms with Crippen LogP contribution in [0.25, 0.3) is 0 Å². The van der Waals surface area contributed by atoms with E-state index in [4.69, 9.17) is 9.47 Å². The molecule has 1 aliphatic heterocycles. The molecule has 1 aromatic carbocycles. The molecule has 1 saturated heterocycles. The first kappa shape index (κ1) is 21.8. The fourth-order valence-electron chi connectivity index (χ4n) is 3.05. The zero-order valence-corrected chi connectivity index (χ0v) is 16.1. The summed E-state index contributed by atoms with van der Waals surface area (Å²) in [6.07, 6.45) is -2.74. The van der Waals surface area contributed by atoms with Gasteiger partial charge in [-0.1, -0.05) is 12.1 Å². The van der Waals surface area contributed by atoms with Gasteiger partial charge in [-0.3, -0.25) is 9.79 Å². The highest BCUT2D eigenvalue weighted by Crippen LogP contribution is 2.20. The maximum atomic E-state index is 12.3. The van der Waals surface area contributed by atoms with Gasteiger partial charge in [-0.05, 0) is 37.5 Å². The maximum Gasteiger partial charge on any atom is 0.422 e. The van der Waals surface area contributed by atoms with E-state index in [2.05, 4.69) is 10.3 Å². The van der Waals surface area contributed by atoms with Gasteiger partial charge < -0.3 is 19.7 Å². The van der Waals surface area contributed by atoms with E-state index in [1.807, 2.05) is 4.90 Å². The first-order chi connectivity index (χ1) is 13.3. The van der Waals surface area contributed by atoms with Crippen molar-refractivity contribution in [3.63, 3.8) is 0 Å². The van der Waals surface area contributed by atoms with Crippen molar-refractivity contribution in [3.8, 4) is 5.75 Å². The van der Waals surface area contributed by atoms with E-state index in [-0.39, 0.29) is 17.6 Å². The maximum absolute atomic E-state index is 12.3. The van der Waals surface area contributed by atoms with E-state index in [1.165, 1.54) is 6.07 Å². The second-order valence-electron chi connectivity index (χ2n) is 6.49. The Morgan fingerprint density at radius 2 is 2.18 bits per heavy atom. The lowest BCUT2D eigenvalue weighted by molar-refractivity contribution is -0.153. The molecule has 0 aliphatic carbocycles. The third kappa shape index (κ3) is 6.94. The summed E-state index contributed by atoms with van der Waals surface area (Å²) in [6, 6.07) is 6.48. The molecule has 156 valence electrons. The molecule has 1 aromatic rings. The molecule has 2 rings (SSSR count). The van der Waals surface area contributed by atoms with Gasteiger partial charge in [-0.15, -0.1) is 0 Å². The van der Waals surface area contributed by atoms with E-state index >= 15 is 0 Å². The third-order valence-electron chi connectivity index (χ3n) is 4.30. The smallest absolute Gasteiger partial charge is 0.422 e. The van der Waals surface area contributed by atoms with Gasteiger partial charge in [0.15, 0.2) is 12.6 Å². The van der Waals surface area contributed by atoms with Gasteiger partial charge in [0.05, 0.1) is 12.5 Å². The number of carbonyl (C=O) groups is 1. The van der Waals surface area contributed by atoms with Gasteiger partial charge in [-0.25, -0.2) is 0 Å². The Balaban J connectivity index is 1.92. The summed E-state index contributed by atoms with van der Waals surface area (Å²) in [5, 5.41) is 3.19. The van der Waals surface area contributed by atoms with Gasteiger partial charge in [0.2, 0.25) is 0 Å². The number of aliphatic imine (C=N–C) groups is 1. The van der Waals surface area contributed by atoms with Crippen LogP contribution in [0.5, 0.6) is 5.75 Å². The summed E-state index contributed by atoms with van der Waals surface area (Å²) in [6.45, 7) is 2.48. The number of hydrogen-bond acceptors (Lipinski definition) is 4. The Morgan fingerprint density at radius 1 is 1.39 bits per heavy atom. The molecule has 1 atom stereocenters. The minimum Gasteiger partial charge on any atom is -0.484 e. The van der Waals surface area contributed by atoms with Crippen LogP contribution in [0.1, 0.15) is 25.3 Å². The number of ether oxygens (including phenoxy) is 2. The summed E-state index contributed by atoms with van der Waals surface area (Å²) in [5.74, 6) is 0.408. The predicted octanol–water partition coefficient (Wildman–Crippen LogP) is 2.98. The molecular weight excluding hydrogens is 375 g/mol. The van der Waals surface area contributed by atoms with Gasteiger partial charge in [0.1, 0.15) is 5.75 Å². The van der Waals surface area contributed by atoms with Crippen LogP contribution in [-0.4, -0.2) is 56.4 Å². The Hall–Kier alpha value is -2.45. The van der Waals surface area contributed by atoms with Gasteiger partial charge in [-0.2, -0.15) is 13.2 Å². The minimum atomic E-state index is -4.37. The second-order valence-corrected chi connectivity index (χ2v) is 6.49. The van der Waals surface area contributed by atoms with Crippen molar-refractivity contribution >= 4 is 11.9 Å². The van der Waals surface area contributed by atoms with E-state index in [9.17, 15) is 18.0 Å². The average molecular weight is 401 g/mol. The van der Waals surface area contributed by atoms with Crippen molar-refractivity contribution in [1.82, 2.24) is 10.2 Å². The predicted molar refractivity (Wildman–Crippen MR) is 99.1 cm³/mol. The average Bonchev–Trinajstić information content (AvgIpc) is 2.67. The first-order valence-corrected chi connectivity index (χ1v) is 9.23. The fraction of sp³-hybridized carbons (Fsp3) is 0.579. The van der Waals surface area contributed by atoms with E-state index < -0.39 is 12.8 Å². The molecule has 1 N–H and O–H groups in total. The summed E-state index contributed by atoms with van der Waals surface area (Å²) in [4.78, 5) is 18.3. The molecule has 1 unspecified atom stereocenters. The number of hydrogen-bond donors (Lipinski definition) is 1. The molecule has 28 heavy (non-hydrogen) atoms. The van der Waals surface area contributed by atoms with Gasteiger partial charge in [0.25, 0.3) is 0 Å². The number of alkyl halides is 3. The molecule has 6 nitrogen and oxygen atoms in total. The number of halogens is 3. The van der Waals surface area contributed by atoms with Crippen molar-refractivity contribution < 1.29 is 27.4 Å². The monoisotopic (exact) mass is 401 g/mol. The van der Waals surface area contributed by atoms with Crippen molar-refractivity contribution in [1.29, 1.82) is 0 Å². The highest BCUT2D eigenvalue weighted by molar-refractivity contribution is 5.81. The molecule has 1 fully saturated rings. The van der Waals surface area contributed by atoms with Crippen LogP contribution in [-0.2, 0) is 16.1 Å². The zero-order chi connectivity index (χ0) is 20.6. The number of carbonyl (C=O) groups excluding carboxylic acids is 1. The molecule has 9 heteroatoms. The van der Waals surface area contributed by atoms with Crippen LogP contribution in [0.4, 0.5) is 13.2 Å². The molecule has 1 heterocycles. The zero-order valence-electron chi connectivity index (χ0n) is 16.1. The number of nitrogens with zero attached hydrogens (tertiary/aromatic N) is 2. The Labute approximate surface area is 162 Å². The van der Waals surface area contributed by atoms with Gasteiger partial charge in [0, 0.05) is 26.7 Å². The number of esters is 1. The van der Waals surface area contributed by atoms with Crippen LogP contribution in [0, 0.1) is 5.92 Å². The Bertz CT molecular complexity index is 680. The van der Waals surface area contributed by atoms with E-state index in [0.29, 0.717) is 25.7 Å². The van der Waals surface area contributed by atoms with Gasteiger partial charge >= 0.3 is 12.1 Å². The van der Waals surface area contributed by atoms with Crippen LogP contribution in [0.2, 0.25) is 0 Å². The standard InChI is InChI=1S/C19H26F3N3O3/c1-3-27-17(26)15-7-5-9-25(12-15)18(23-2)24-11-14-6-4-8-16(10-14)28-13-19(20,21)22/h4,6,8,10,15H,3,5,7,9,11-13H2,1-2H3,(H,23,24). The van der Waals surface area contributed by atoms with Crippen LogP contribution < -0.4 is 10.1 Å². The second kappa shape index (κ2) is 10.2. The SMILES string of the molecule is CCOC(=O)C1CCCN(C(=NC)NCc2cccc(OCC(F)(F)F)c2)C1. The summed E-state index contributed by atoms with van der Waals surface area (Å²) >= 11 is 0. The third-order valence-corrected chi connectivity index (χ3v) is 4.30. The summed E-state index contributed by atoms with van der Waals surface area (Å²) < 4.78 is 46.8. The molecule has 0 spiro atoms. The molecule has 0 amide bonds. The lowest BCUT2D eigenvalue weighted by Crippen LogP contribution is -2.48. The fourth-order valence-corrected chi connectivity index (χ4v) is 3.05. The van der Waals surface area contributed by atoms with Crippen LogP contribution >= 0.6 is 0 Å². The van der Waals surface area contributed by atoms with Crippen molar-refractivity contribution in [2.45, 2.75) is 32.5 Å². The molecule has 0 radical (unpaired) electrons. The molecule has 0 bridgehead atoms. The van der Waals surface area contributed by atoms with Crippen LogP contribution in [0.3, 0.4) is 0 Å². The van der Waals surface area contributed by atoms with E-state index in [1.54, 1.807) is 32.2 Å². The normalized spacial score (nSPS) is 18.0. The summed E-state index contributed by atoms with van der Waals surface area (Å²) in [7, 11) is 1.65. The number of likely N-dealkylation sites (tertiary alicyclic amines) is 1.